The average Bonchev–Trinajstić information content (AvgIpc) is 1.78. The second-order valence-electron chi connectivity index (χ2n) is 4.02. The summed E-state index contributed by atoms with van der Waals surface area (Å²) >= 11 is 0. The maximum atomic E-state index is 2.41. The van der Waals surface area contributed by atoms with Gasteiger partial charge in [-0.2, -0.15) is 0 Å². The Bertz CT molecular complexity index is 107. The Hall–Kier alpha value is 0. The van der Waals surface area contributed by atoms with Crippen molar-refractivity contribution in [1.82, 2.24) is 0 Å². The Morgan fingerprint density at radius 1 is 0.889 bits per heavy atom. The van der Waals surface area contributed by atoms with E-state index in [1.54, 1.807) is 25.7 Å². The molecule has 52 valence electrons. The molecule has 0 radical (unpaired) electrons. The van der Waals surface area contributed by atoms with Gasteiger partial charge in [-0.05, 0) is 43.4 Å². The molecule has 2 aliphatic rings. The first-order chi connectivity index (χ1) is 4.36. The molecule has 2 aliphatic carbocycles. The lowest BCUT2D eigenvalue weighted by atomic mass is 9.63. The fourth-order valence-electron chi connectivity index (χ4n) is 2.46. The van der Waals surface area contributed by atoms with E-state index in [2.05, 4.69) is 6.92 Å². The molecule has 2 fully saturated rings. The standard InChI is InChI=1S/C9H16/c1-7-2-3-8-4-5-9(8)6-7/h7-9H,2-6H2,1H3. The van der Waals surface area contributed by atoms with Crippen molar-refractivity contribution in [2.75, 3.05) is 0 Å². The monoisotopic (exact) mass is 124 g/mol. The largest absolute Gasteiger partial charge is 0.0625 e. The third kappa shape index (κ3) is 0.889. The zero-order valence-electron chi connectivity index (χ0n) is 6.27. The second kappa shape index (κ2) is 2.00. The van der Waals surface area contributed by atoms with E-state index < -0.39 is 0 Å². The molecule has 2 rings (SSSR count). The van der Waals surface area contributed by atoms with E-state index >= 15 is 0 Å². The quantitative estimate of drug-likeness (QED) is 0.466. The SMILES string of the molecule is CC1CCC2CCC2C1. The van der Waals surface area contributed by atoms with Gasteiger partial charge in [0.1, 0.15) is 0 Å². The molecule has 0 nitrogen and oxygen atoms in total. The molecule has 0 aromatic rings. The second-order valence-corrected chi connectivity index (χ2v) is 4.02. The van der Waals surface area contributed by atoms with Gasteiger partial charge in [-0.15, -0.1) is 0 Å². The predicted octanol–water partition coefficient (Wildman–Crippen LogP) is 2.83. The lowest BCUT2D eigenvalue weighted by molar-refractivity contribution is 0.0857. The first kappa shape index (κ1) is 5.76. The number of rotatable bonds is 0. The summed E-state index contributed by atoms with van der Waals surface area (Å²) in [4.78, 5) is 0. The summed E-state index contributed by atoms with van der Waals surface area (Å²) < 4.78 is 0. The molecule has 3 atom stereocenters. The molecule has 0 bridgehead atoms. The third-order valence-corrected chi connectivity index (χ3v) is 3.31. The number of fused-ring (bicyclic) bond motifs is 1. The summed E-state index contributed by atoms with van der Waals surface area (Å²) in [6.07, 6.45) is 7.71. The van der Waals surface area contributed by atoms with E-state index in [9.17, 15) is 0 Å². The highest BCUT2D eigenvalue weighted by Crippen LogP contribution is 2.46. The summed E-state index contributed by atoms with van der Waals surface area (Å²) in [7, 11) is 0. The minimum Gasteiger partial charge on any atom is -0.0625 e. The van der Waals surface area contributed by atoms with Crippen molar-refractivity contribution in [2.45, 2.75) is 39.0 Å². The Balaban J connectivity index is 1.92. The van der Waals surface area contributed by atoms with Crippen molar-refractivity contribution >= 4 is 0 Å². The van der Waals surface area contributed by atoms with Crippen LogP contribution in [0.1, 0.15) is 39.0 Å². The smallest absolute Gasteiger partial charge is 0.0383 e. The van der Waals surface area contributed by atoms with Crippen LogP contribution in [-0.4, -0.2) is 0 Å². The van der Waals surface area contributed by atoms with Gasteiger partial charge in [0.05, 0.1) is 0 Å². The minimum absolute atomic E-state index is 1.05. The summed E-state index contributed by atoms with van der Waals surface area (Å²) in [6, 6.07) is 0. The van der Waals surface area contributed by atoms with Gasteiger partial charge in [-0.3, -0.25) is 0 Å². The van der Waals surface area contributed by atoms with Gasteiger partial charge in [0.25, 0.3) is 0 Å². The van der Waals surface area contributed by atoms with Gasteiger partial charge in [0.2, 0.25) is 0 Å². The first-order valence-electron chi connectivity index (χ1n) is 4.36. The van der Waals surface area contributed by atoms with E-state index in [0.29, 0.717) is 0 Å². The van der Waals surface area contributed by atoms with Crippen LogP contribution in [0.2, 0.25) is 0 Å². The molecule has 3 unspecified atom stereocenters. The van der Waals surface area contributed by atoms with Gasteiger partial charge < -0.3 is 0 Å². The van der Waals surface area contributed by atoms with Gasteiger partial charge in [0.15, 0.2) is 0 Å². The Kier molecular flexibility index (Phi) is 1.28. The van der Waals surface area contributed by atoms with Crippen molar-refractivity contribution in [3.05, 3.63) is 0 Å². The highest BCUT2D eigenvalue weighted by atomic mass is 14.4. The van der Waals surface area contributed by atoms with Crippen LogP contribution in [0, 0.1) is 17.8 Å². The molecule has 0 aliphatic heterocycles. The van der Waals surface area contributed by atoms with Crippen LogP contribution in [0.4, 0.5) is 0 Å². The van der Waals surface area contributed by atoms with Crippen LogP contribution in [0.3, 0.4) is 0 Å². The Morgan fingerprint density at radius 2 is 1.56 bits per heavy atom. The molecule has 0 amide bonds. The fraction of sp³-hybridized carbons (Fsp3) is 1.00. The van der Waals surface area contributed by atoms with E-state index in [-0.39, 0.29) is 0 Å². The van der Waals surface area contributed by atoms with Gasteiger partial charge >= 0.3 is 0 Å². The van der Waals surface area contributed by atoms with E-state index in [0.717, 1.165) is 11.8 Å². The fourth-order valence-corrected chi connectivity index (χ4v) is 2.46. The van der Waals surface area contributed by atoms with Crippen LogP contribution in [-0.2, 0) is 0 Å². The molecule has 2 saturated carbocycles. The Labute approximate surface area is 57.6 Å². The topological polar surface area (TPSA) is 0 Å². The van der Waals surface area contributed by atoms with Crippen molar-refractivity contribution in [2.24, 2.45) is 17.8 Å². The van der Waals surface area contributed by atoms with Crippen LogP contribution < -0.4 is 0 Å². The summed E-state index contributed by atoms with van der Waals surface area (Å²) in [5.41, 5.74) is 0. The van der Waals surface area contributed by atoms with E-state index in [1.165, 1.54) is 12.3 Å². The molecule has 0 heteroatoms. The maximum absolute atomic E-state index is 2.41. The summed E-state index contributed by atoms with van der Waals surface area (Å²) in [5.74, 6) is 3.38. The van der Waals surface area contributed by atoms with Crippen molar-refractivity contribution in [3.63, 3.8) is 0 Å². The minimum atomic E-state index is 1.05. The molecule has 0 aromatic carbocycles. The normalized spacial score (nSPS) is 49.7. The molecular formula is C9H16. The molecule has 0 N–H and O–H groups in total. The zero-order chi connectivity index (χ0) is 6.27. The lowest BCUT2D eigenvalue weighted by Crippen LogP contribution is -2.31. The van der Waals surface area contributed by atoms with Crippen molar-refractivity contribution in [3.8, 4) is 0 Å². The first-order valence-corrected chi connectivity index (χ1v) is 4.36. The maximum Gasteiger partial charge on any atom is -0.0383 e. The molecule has 0 spiro atoms. The van der Waals surface area contributed by atoms with E-state index in [4.69, 9.17) is 0 Å². The van der Waals surface area contributed by atoms with Crippen molar-refractivity contribution in [1.29, 1.82) is 0 Å². The lowest BCUT2D eigenvalue weighted by Gasteiger charge is -2.43. The van der Waals surface area contributed by atoms with Gasteiger partial charge in [0, 0.05) is 0 Å². The summed E-state index contributed by atoms with van der Waals surface area (Å²) in [5, 5.41) is 0. The number of hydrogen-bond donors (Lipinski definition) is 0. The molecule has 0 heterocycles. The zero-order valence-corrected chi connectivity index (χ0v) is 6.27. The average molecular weight is 124 g/mol. The highest BCUT2D eigenvalue weighted by Gasteiger charge is 2.34. The van der Waals surface area contributed by atoms with Gasteiger partial charge in [-0.1, -0.05) is 13.3 Å². The highest BCUT2D eigenvalue weighted by molar-refractivity contribution is 4.85. The molecule has 0 aromatic heterocycles. The third-order valence-electron chi connectivity index (χ3n) is 3.31. The van der Waals surface area contributed by atoms with Crippen LogP contribution in [0.5, 0.6) is 0 Å². The summed E-state index contributed by atoms with van der Waals surface area (Å²) in [6.45, 7) is 2.41. The van der Waals surface area contributed by atoms with Gasteiger partial charge in [-0.25, -0.2) is 0 Å². The number of hydrogen-bond acceptors (Lipinski definition) is 0. The van der Waals surface area contributed by atoms with Crippen LogP contribution in [0.25, 0.3) is 0 Å². The molecule has 0 saturated heterocycles. The van der Waals surface area contributed by atoms with E-state index in [1.807, 2.05) is 0 Å². The molecular weight excluding hydrogens is 108 g/mol. The molecule has 9 heavy (non-hydrogen) atoms. The van der Waals surface area contributed by atoms with Crippen LogP contribution >= 0.6 is 0 Å². The van der Waals surface area contributed by atoms with Crippen LogP contribution in [0.15, 0.2) is 0 Å². The van der Waals surface area contributed by atoms with Crippen molar-refractivity contribution < 1.29 is 0 Å². The predicted molar refractivity (Wildman–Crippen MR) is 39.2 cm³/mol. The Morgan fingerprint density at radius 3 is 2.00 bits per heavy atom.